The van der Waals surface area contributed by atoms with Crippen molar-refractivity contribution >= 4 is 33.0 Å². The number of hydrogen-bond donors (Lipinski definition) is 2. The Hall–Kier alpha value is -3.24. The van der Waals surface area contributed by atoms with E-state index in [-0.39, 0.29) is 23.6 Å². The monoisotopic (exact) mass is 471 g/mol. The Bertz CT molecular complexity index is 1470. The third kappa shape index (κ3) is 3.79. The van der Waals surface area contributed by atoms with Crippen molar-refractivity contribution in [2.75, 3.05) is 0 Å². The highest BCUT2D eigenvalue weighted by atomic mass is 32.2. The minimum atomic E-state index is -4.46. The summed E-state index contributed by atoms with van der Waals surface area (Å²) in [5.41, 5.74) is 3.17. The van der Waals surface area contributed by atoms with Crippen LogP contribution in [0.15, 0.2) is 40.0 Å². The van der Waals surface area contributed by atoms with E-state index in [1.807, 2.05) is 13.8 Å². The van der Waals surface area contributed by atoms with Gasteiger partial charge >= 0.3 is 5.69 Å². The summed E-state index contributed by atoms with van der Waals surface area (Å²) in [4.78, 5) is 37.2. The molecule has 174 valence electrons. The molecule has 0 radical (unpaired) electrons. The lowest BCUT2D eigenvalue weighted by Gasteiger charge is -2.22. The second-order valence-corrected chi connectivity index (χ2v) is 9.70. The number of aromatic nitrogens is 2. The van der Waals surface area contributed by atoms with Crippen LogP contribution in [0.4, 0.5) is 0 Å². The molecule has 1 aliphatic rings. The Morgan fingerprint density at radius 2 is 1.88 bits per heavy atom. The molecule has 1 atom stereocenters. The van der Waals surface area contributed by atoms with E-state index in [1.54, 1.807) is 31.3 Å². The lowest BCUT2D eigenvalue weighted by atomic mass is 9.91. The summed E-state index contributed by atoms with van der Waals surface area (Å²) < 4.78 is 36.9. The van der Waals surface area contributed by atoms with Crippen molar-refractivity contribution in [2.45, 2.75) is 50.5 Å². The van der Waals surface area contributed by atoms with E-state index < -0.39 is 27.8 Å². The highest BCUT2D eigenvalue weighted by Gasteiger charge is 2.32. The summed E-state index contributed by atoms with van der Waals surface area (Å²) in [6.45, 7) is 3.76. The number of imidazole rings is 1. The molecular formula is C23H25N3O6S. The minimum absolute atomic E-state index is 0.134. The van der Waals surface area contributed by atoms with E-state index in [0.717, 1.165) is 5.56 Å². The fourth-order valence-corrected chi connectivity index (χ4v) is 5.49. The summed E-state index contributed by atoms with van der Waals surface area (Å²) in [7, 11) is -2.86. The Balaban J connectivity index is 2.05. The summed E-state index contributed by atoms with van der Waals surface area (Å²) in [6.07, 6.45) is 1.40. The molecule has 4 rings (SSSR count). The molecule has 1 unspecified atom stereocenters. The maximum Gasteiger partial charge on any atom is 0.329 e. The maximum atomic E-state index is 13.2. The number of aryl methyl sites for hydroxylation is 2. The number of piperidine rings is 1. The summed E-state index contributed by atoms with van der Waals surface area (Å²) in [6, 6.07) is 7.47. The number of fused-ring (bicyclic) bond motifs is 1. The second-order valence-electron chi connectivity index (χ2n) is 8.31. The van der Waals surface area contributed by atoms with Gasteiger partial charge in [-0.2, -0.15) is 8.42 Å². The molecule has 1 aromatic heterocycles. The number of carbonyl (C=O) groups is 2. The number of nitrogens with one attached hydrogen (secondary N) is 1. The van der Waals surface area contributed by atoms with Crippen LogP contribution in [0.1, 0.15) is 43.4 Å². The maximum absolute atomic E-state index is 13.2. The molecule has 2 aromatic carbocycles. The second kappa shape index (κ2) is 8.27. The van der Waals surface area contributed by atoms with Gasteiger partial charge in [0.1, 0.15) is 6.04 Å². The third-order valence-electron chi connectivity index (χ3n) is 6.15. The number of hydrogen-bond acceptors (Lipinski definition) is 5. The molecule has 10 heteroatoms. The quantitative estimate of drug-likeness (QED) is 0.435. The Morgan fingerprint density at radius 3 is 2.52 bits per heavy atom. The molecule has 0 aliphatic carbocycles. The van der Waals surface area contributed by atoms with Gasteiger partial charge in [0.25, 0.3) is 10.1 Å². The molecule has 9 nitrogen and oxygen atoms in total. The molecule has 3 aromatic rings. The SMILES string of the molecule is CCCc1c(S(=O)(=O)O)ccc(C)c1-c1cccc2c1n(C)c(=O)n2C1CCC(=O)NC1=O. The van der Waals surface area contributed by atoms with Crippen LogP contribution in [0.3, 0.4) is 0 Å². The molecule has 1 fully saturated rings. The van der Waals surface area contributed by atoms with Crippen molar-refractivity contribution in [3.8, 4) is 11.1 Å². The number of nitrogens with zero attached hydrogens (tertiary/aromatic N) is 2. The minimum Gasteiger partial charge on any atom is -0.295 e. The topological polar surface area (TPSA) is 127 Å². The van der Waals surface area contributed by atoms with E-state index >= 15 is 0 Å². The summed E-state index contributed by atoms with van der Waals surface area (Å²) in [5.74, 6) is -0.894. The van der Waals surface area contributed by atoms with Crippen LogP contribution < -0.4 is 11.0 Å². The standard InChI is InChI=1S/C23H25N3O6S/c1-4-6-14-18(33(30,31)32)11-9-13(2)20(14)15-7-5-8-16-21(15)25(3)23(29)26(16)17-10-12-19(27)24-22(17)28/h5,7-9,11,17H,4,6,10,12H2,1-3H3,(H,24,27,28)(H,30,31,32). The van der Waals surface area contributed by atoms with Crippen molar-refractivity contribution in [3.05, 3.63) is 51.9 Å². The van der Waals surface area contributed by atoms with E-state index in [1.165, 1.54) is 15.2 Å². The van der Waals surface area contributed by atoms with Crippen LogP contribution in [0.2, 0.25) is 0 Å². The van der Waals surface area contributed by atoms with Crippen LogP contribution in [0.5, 0.6) is 0 Å². The normalized spacial score (nSPS) is 16.9. The zero-order chi connectivity index (χ0) is 24.1. The molecule has 33 heavy (non-hydrogen) atoms. The summed E-state index contributed by atoms with van der Waals surface area (Å²) in [5, 5.41) is 2.29. The van der Waals surface area contributed by atoms with Gasteiger partial charge in [-0.1, -0.05) is 31.5 Å². The first-order valence-corrected chi connectivity index (χ1v) is 12.1. The molecular weight excluding hydrogens is 446 g/mol. The molecule has 0 saturated carbocycles. The van der Waals surface area contributed by atoms with Gasteiger partial charge in [-0.25, -0.2) is 4.79 Å². The lowest BCUT2D eigenvalue weighted by molar-refractivity contribution is -0.135. The zero-order valence-electron chi connectivity index (χ0n) is 18.6. The van der Waals surface area contributed by atoms with Gasteiger partial charge in [0.05, 0.1) is 15.9 Å². The van der Waals surface area contributed by atoms with Crippen molar-refractivity contribution in [3.63, 3.8) is 0 Å². The van der Waals surface area contributed by atoms with E-state index in [0.29, 0.717) is 40.6 Å². The predicted octanol–water partition coefficient (Wildman–Crippen LogP) is 2.49. The molecule has 2 amide bonds. The van der Waals surface area contributed by atoms with Gasteiger partial charge in [-0.05, 0) is 48.6 Å². The van der Waals surface area contributed by atoms with Crippen LogP contribution in [-0.2, 0) is 33.2 Å². The average Bonchev–Trinajstić information content (AvgIpc) is 2.99. The largest absolute Gasteiger partial charge is 0.329 e. The number of carbonyl (C=O) groups excluding carboxylic acids is 2. The smallest absolute Gasteiger partial charge is 0.295 e. The van der Waals surface area contributed by atoms with Crippen molar-refractivity contribution < 1.29 is 22.6 Å². The van der Waals surface area contributed by atoms with Crippen molar-refractivity contribution in [1.29, 1.82) is 0 Å². The van der Waals surface area contributed by atoms with E-state index in [4.69, 9.17) is 0 Å². The van der Waals surface area contributed by atoms with Gasteiger partial charge in [-0.15, -0.1) is 0 Å². The van der Waals surface area contributed by atoms with Gasteiger partial charge in [0, 0.05) is 19.0 Å². The molecule has 2 heterocycles. The van der Waals surface area contributed by atoms with Crippen LogP contribution in [-0.4, -0.2) is 33.9 Å². The molecule has 0 bridgehead atoms. The van der Waals surface area contributed by atoms with Gasteiger partial charge < -0.3 is 0 Å². The van der Waals surface area contributed by atoms with E-state index in [2.05, 4.69) is 5.32 Å². The summed E-state index contributed by atoms with van der Waals surface area (Å²) >= 11 is 0. The third-order valence-corrected chi connectivity index (χ3v) is 7.09. The molecule has 2 N–H and O–H groups in total. The average molecular weight is 472 g/mol. The van der Waals surface area contributed by atoms with Gasteiger partial charge in [-0.3, -0.25) is 28.6 Å². The van der Waals surface area contributed by atoms with Crippen molar-refractivity contribution in [1.82, 2.24) is 14.5 Å². The van der Waals surface area contributed by atoms with Crippen LogP contribution in [0, 0.1) is 6.92 Å². The van der Waals surface area contributed by atoms with Crippen LogP contribution in [0.25, 0.3) is 22.2 Å². The predicted molar refractivity (Wildman–Crippen MR) is 123 cm³/mol. The lowest BCUT2D eigenvalue weighted by Crippen LogP contribution is -2.44. The molecule has 1 aliphatic heterocycles. The highest BCUT2D eigenvalue weighted by molar-refractivity contribution is 7.85. The first-order valence-electron chi connectivity index (χ1n) is 10.7. The van der Waals surface area contributed by atoms with E-state index in [9.17, 15) is 27.4 Å². The Labute approximate surface area is 190 Å². The highest BCUT2D eigenvalue weighted by Crippen LogP contribution is 2.37. The number of para-hydroxylation sites is 1. The number of imide groups is 1. The Kier molecular flexibility index (Phi) is 5.75. The fraction of sp³-hybridized carbons (Fsp3) is 0.348. The first-order chi connectivity index (χ1) is 15.6. The zero-order valence-corrected chi connectivity index (χ0v) is 19.4. The van der Waals surface area contributed by atoms with Gasteiger partial charge in [0.2, 0.25) is 11.8 Å². The number of rotatable bonds is 5. The number of benzene rings is 2. The molecule has 1 saturated heterocycles. The number of amides is 2. The molecule has 0 spiro atoms. The first kappa shape index (κ1) is 22.9. The van der Waals surface area contributed by atoms with Crippen molar-refractivity contribution in [2.24, 2.45) is 7.05 Å². The fourth-order valence-electron chi connectivity index (χ4n) is 4.73. The van der Waals surface area contributed by atoms with Crippen LogP contribution >= 0.6 is 0 Å². The Morgan fingerprint density at radius 1 is 1.15 bits per heavy atom. The van der Waals surface area contributed by atoms with Gasteiger partial charge in [0.15, 0.2) is 0 Å².